The van der Waals surface area contributed by atoms with Crippen LogP contribution in [0.4, 0.5) is 0 Å². The summed E-state index contributed by atoms with van der Waals surface area (Å²) in [6.45, 7) is 5.83. The first-order chi connectivity index (χ1) is 13.9. The molecule has 0 amide bonds. The van der Waals surface area contributed by atoms with E-state index in [9.17, 15) is 8.42 Å². The molecule has 2 aliphatic rings. The first kappa shape index (κ1) is 22.8. The van der Waals surface area contributed by atoms with E-state index in [4.69, 9.17) is 0 Å². The van der Waals surface area contributed by atoms with Gasteiger partial charge in [0, 0.05) is 25.7 Å². The molecule has 0 unspecified atom stereocenters. The number of unbranched alkanes of at least 4 members (excludes halogenated alkanes) is 1. The fourth-order valence-corrected chi connectivity index (χ4v) is 6.87. The summed E-state index contributed by atoms with van der Waals surface area (Å²) < 4.78 is 28.7. The molecular formula is C22H40N4O2S. The lowest BCUT2D eigenvalue weighted by molar-refractivity contribution is 0.137. The number of sulfone groups is 1. The standard InChI is InChI=1S/C22H40N4O2S/c1-4-5-15-26-20(18-24(2)17-19-11-9-10-14-25(19)3)16-23-22(26)29(27,28)21-12-7-6-8-13-21/h16,19,21H,4-15,17-18H2,1-3H3/t19-/m1/s1. The molecule has 166 valence electrons. The van der Waals surface area contributed by atoms with Gasteiger partial charge in [0.05, 0.1) is 17.1 Å². The minimum Gasteiger partial charge on any atom is -0.318 e. The third kappa shape index (κ3) is 5.61. The van der Waals surface area contributed by atoms with Crippen molar-refractivity contribution in [3.05, 3.63) is 11.9 Å². The van der Waals surface area contributed by atoms with Gasteiger partial charge in [-0.05, 0) is 52.7 Å². The zero-order valence-electron chi connectivity index (χ0n) is 18.6. The van der Waals surface area contributed by atoms with E-state index < -0.39 is 9.84 Å². The molecular weight excluding hydrogens is 384 g/mol. The van der Waals surface area contributed by atoms with Gasteiger partial charge in [-0.1, -0.05) is 39.0 Å². The van der Waals surface area contributed by atoms with Crippen molar-refractivity contribution in [3.8, 4) is 0 Å². The molecule has 1 aromatic rings. The molecule has 0 radical (unpaired) electrons. The predicted molar refractivity (Wildman–Crippen MR) is 118 cm³/mol. The SMILES string of the molecule is CCCCn1c(CN(C)C[C@H]2CCCCN2C)cnc1S(=O)(=O)C1CCCCC1. The second-order valence-electron chi connectivity index (χ2n) is 9.17. The van der Waals surface area contributed by atoms with Crippen LogP contribution < -0.4 is 0 Å². The second-order valence-corrected chi connectivity index (χ2v) is 11.3. The van der Waals surface area contributed by atoms with E-state index in [1.54, 1.807) is 0 Å². The first-order valence-electron chi connectivity index (χ1n) is 11.6. The van der Waals surface area contributed by atoms with Crippen LogP contribution >= 0.6 is 0 Å². The third-order valence-electron chi connectivity index (χ3n) is 6.76. The van der Waals surface area contributed by atoms with Gasteiger partial charge in [0.25, 0.3) is 0 Å². The molecule has 1 saturated carbocycles. The average Bonchev–Trinajstić information content (AvgIpc) is 3.12. The fraction of sp³-hybridized carbons (Fsp3) is 0.864. The highest BCUT2D eigenvalue weighted by Gasteiger charge is 2.33. The molecule has 6 nitrogen and oxygen atoms in total. The number of imidazole rings is 1. The predicted octanol–water partition coefficient (Wildman–Crippen LogP) is 3.71. The van der Waals surface area contributed by atoms with Crippen LogP contribution in [0.2, 0.25) is 0 Å². The minimum absolute atomic E-state index is 0.250. The number of aromatic nitrogens is 2. The number of piperidine rings is 1. The van der Waals surface area contributed by atoms with Crippen LogP contribution in [0.15, 0.2) is 11.4 Å². The van der Waals surface area contributed by atoms with Crippen molar-refractivity contribution in [2.45, 2.75) is 101 Å². The molecule has 1 aromatic heterocycles. The van der Waals surface area contributed by atoms with Crippen LogP contribution in [0, 0.1) is 0 Å². The summed E-state index contributed by atoms with van der Waals surface area (Å²) in [5.74, 6) is 0. The Kier molecular flexibility index (Phi) is 8.16. The Morgan fingerprint density at radius 1 is 1.14 bits per heavy atom. The maximum absolute atomic E-state index is 13.3. The van der Waals surface area contributed by atoms with E-state index in [2.05, 4.69) is 35.8 Å². The molecule has 2 fully saturated rings. The van der Waals surface area contributed by atoms with Gasteiger partial charge in [-0.3, -0.25) is 4.90 Å². The smallest absolute Gasteiger partial charge is 0.228 e. The van der Waals surface area contributed by atoms with Crippen LogP contribution in [0.25, 0.3) is 0 Å². The molecule has 7 heteroatoms. The van der Waals surface area contributed by atoms with Crippen LogP contribution in [-0.2, 0) is 22.9 Å². The molecule has 0 bridgehead atoms. The van der Waals surface area contributed by atoms with Crippen LogP contribution in [0.5, 0.6) is 0 Å². The number of hydrogen-bond acceptors (Lipinski definition) is 5. The summed E-state index contributed by atoms with van der Waals surface area (Å²) in [4.78, 5) is 9.27. The largest absolute Gasteiger partial charge is 0.318 e. The monoisotopic (exact) mass is 424 g/mol. The Morgan fingerprint density at radius 2 is 1.86 bits per heavy atom. The number of rotatable bonds is 9. The number of hydrogen-bond donors (Lipinski definition) is 0. The molecule has 1 aliphatic carbocycles. The zero-order valence-corrected chi connectivity index (χ0v) is 19.5. The summed E-state index contributed by atoms with van der Waals surface area (Å²) in [5.41, 5.74) is 1.04. The van der Waals surface area contributed by atoms with Crippen LogP contribution in [0.3, 0.4) is 0 Å². The summed E-state index contributed by atoms with van der Waals surface area (Å²) >= 11 is 0. The van der Waals surface area contributed by atoms with E-state index in [0.29, 0.717) is 11.2 Å². The van der Waals surface area contributed by atoms with E-state index in [1.807, 2.05) is 10.8 Å². The van der Waals surface area contributed by atoms with Gasteiger partial charge >= 0.3 is 0 Å². The number of nitrogens with zero attached hydrogens (tertiary/aromatic N) is 4. The Balaban J connectivity index is 1.76. The highest BCUT2D eigenvalue weighted by Crippen LogP contribution is 2.29. The van der Waals surface area contributed by atoms with E-state index >= 15 is 0 Å². The van der Waals surface area contributed by atoms with E-state index in [1.165, 1.54) is 25.8 Å². The van der Waals surface area contributed by atoms with E-state index in [-0.39, 0.29) is 5.25 Å². The number of likely N-dealkylation sites (tertiary alicyclic amines) is 1. The fourth-order valence-electron chi connectivity index (χ4n) is 4.90. The summed E-state index contributed by atoms with van der Waals surface area (Å²) in [7, 11) is 1.02. The van der Waals surface area contributed by atoms with Gasteiger partial charge in [0.1, 0.15) is 0 Å². The first-order valence-corrected chi connectivity index (χ1v) is 13.1. The molecule has 1 aliphatic heterocycles. The zero-order chi connectivity index (χ0) is 20.9. The quantitative estimate of drug-likeness (QED) is 0.605. The maximum Gasteiger partial charge on any atom is 0.228 e. The molecule has 0 N–H and O–H groups in total. The topological polar surface area (TPSA) is 58.4 Å². The Bertz CT molecular complexity index is 740. The van der Waals surface area contributed by atoms with Crippen LogP contribution in [-0.4, -0.2) is 66.2 Å². The number of likely N-dealkylation sites (N-methyl/N-ethyl adjacent to an activating group) is 2. The van der Waals surface area contributed by atoms with Crippen LogP contribution in [0.1, 0.15) is 76.8 Å². The Hall–Kier alpha value is -0.920. The molecule has 1 atom stereocenters. The highest BCUT2D eigenvalue weighted by atomic mass is 32.2. The molecule has 2 heterocycles. The van der Waals surface area contributed by atoms with Crippen molar-refractivity contribution in [1.82, 2.24) is 19.4 Å². The van der Waals surface area contributed by atoms with Crippen molar-refractivity contribution >= 4 is 9.84 Å². The summed E-state index contributed by atoms with van der Waals surface area (Å²) in [6, 6.07) is 0.589. The van der Waals surface area contributed by atoms with Crippen molar-refractivity contribution < 1.29 is 8.42 Å². The Labute approximate surface area is 177 Å². The lowest BCUT2D eigenvalue weighted by Crippen LogP contribution is -2.43. The minimum atomic E-state index is -3.35. The molecule has 3 rings (SSSR count). The molecule has 0 aromatic carbocycles. The summed E-state index contributed by atoms with van der Waals surface area (Å²) in [5, 5.41) is 0.0662. The van der Waals surface area contributed by atoms with Gasteiger partial charge in [0.15, 0.2) is 0 Å². The molecule has 0 spiro atoms. The van der Waals surface area contributed by atoms with E-state index in [0.717, 1.165) is 70.3 Å². The lowest BCUT2D eigenvalue weighted by atomic mass is 10.0. The van der Waals surface area contributed by atoms with Crippen molar-refractivity contribution in [2.24, 2.45) is 0 Å². The normalized spacial score (nSPS) is 22.4. The van der Waals surface area contributed by atoms with Crippen molar-refractivity contribution in [3.63, 3.8) is 0 Å². The average molecular weight is 425 g/mol. The highest BCUT2D eigenvalue weighted by molar-refractivity contribution is 7.91. The summed E-state index contributed by atoms with van der Waals surface area (Å²) in [6.07, 6.45) is 12.4. The Morgan fingerprint density at radius 3 is 2.55 bits per heavy atom. The third-order valence-corrected chi connectivity index (χ3v) is 8.94. The van der Waals surface area contributed by atoms with Gasteiger partial charge in [-0.2, -0.15) is 0 Å². The second kappa shape index (κ2) is 10.4. The van der Waals surface area contributed by atoms with Gasteiger partial charge in [0.2, 0.25) is 15.0 Å². The maximum atomic E-state index is 13.3. The molecule has 29 heavy (non-hydrogen) atoms. The van der Waals surface area contributed by atoms with Gasteiger partial charge in [-0.25, -0.2) is 13.4 Å². The van der Waals surface area contributed by atoms with Gasteiger partial charge < -0.3 is 9.47 Å². The lowest BCUT2D eigenvalue weighted by Gasteiger charge is -2.35. The van der Waals surface area contributed by atoms with Crippen molar-refractivity contribution in [2.75, 3.05) is 27.2 Å². The van der Waals surface area contributed by atoms with Gasteiger partial charge in [-0.15, -0.1) is 0 Å². The van der Waals surface area contributed by atoms with Crippen molar-refractivity contribution in [1.29, 1.82) is 0 Å². The molecule has 1 saturated heterocycles.